The molecule has 2 aliphatic rings. The van der Waals surface area contributed by atoms with E-state index in [0.29, 0.717) is 42.7 Å². The lowest BCUT2D eigenvalue weighted by molar-refractivity contribution is -0.130. The smallest absolute Gasteiger partial charge is 0.266 e. The van der Waals surface area contributed by atoms with Crippen LogP contribution in [-0.2, 0) is 22.5 Å². The topological polar surface area (TPSA) is 141 Å². The van der Waals surface area contributed by atoms with Gasteiger partial charge in [0.15, 0.2) is 11.6 Å². The summed E-state index contributed by atoms with van der Waals surface area (Å²) < 4.78 is 12.3. The molecular formula is C34H40N6O4. The number of hydrogen-bond donors (Lipinski definition) is 3. The normalized spacial score (nSPS) is 19.8. The third-order valence-electron chi connectivity index (χ3n) is 8.33. The number of rotatable bonds is 14. The molecule has 230 valence electrons. The number of aliphatic imine (C=N–C) groups is 1. The van der Waals surface area contributed by atoms with Gasteiger partial charge in [-0.1, -0.05) is 79.0 Å². The van der Waals surface area contributed by atoms with Crippen LogP contribution < -0.4 is 15.6 Å². The molecule has 1 heterocycles. The first-order valence-electron chi connectivity index (χ1n) is 15.4. The minimum absolute atomic E-state index is 0.0647. The van der Waals surface area contributed by atoms with Crippen LogP contribution in [0, 0.1) is 5.92 Å². The van der Waals surface area contributed by atoms with E-state index in [1.165, 1.54) is 19.3 Å². The summed E-state index contributed by atoms with van der Waals surface area (Å²) in [5, 5.41) is 12.9. The van der Waals surface area contributed by atoms with Gasteiger partial charge in [0.05, 0.1) is 13.2 Å². The number of azide groups is 1. The van der Waals surface area contributed by atoms with Crippen molar-refractivity contribution in [1.82, 2.24) is 10.9 Å². The summed E-state index contributed by atoms with van der Waals surface area (Å²) in [7, 11) is 0. The van der Waals surface area contributed by atoms with Crippen molar-refractivity contribution in [2.75, 3.05) is 19.8 Å². The molecule has 1 fully saturated rings. The van der Waals surface area contributed by atoms with Crippen LogP contribution in [0.2, 0.25) is 0 Å². The van der Waals surface area contributed by atoms with Crippen LogP contribution in [-0.4, -0.2) is 42.2 Å². The standard InChI is InChI=1S/C34H40N6O4/c35-40-37-24-29-15-8-7-14-28(29)22-34(33(42)39-36-23-25-10-3-1-4-11-25)31(26-12-5-2-6-13-26)44-32(38-34)27-16-18-30(19-17-27)43-21-9-20-41/h2,5-8,12-19,25,31,36,41H,1,3-4,9-11,20-24H2,(H,39,42)/t31-,34-/m0/s1. The molecule has 10 nitrogen and oxygen atoms in total. The minimum atomic E-state index is -1.36. The first-order valence-corrected chi connectivity index (χ1v) is 15.4. The predicted molar refractivity (Wildman–Crippen MR) is 169 cm³/mol. The number of carbonyl (C=O) groups excluding carboxylic acids is 1. The Hall–Kier alpha value is -4.37. The highest BCUT2D eigenvalue weighted by Crippen LogP contribution is 2.43. The summed E-state index contributed by atoms with van der Waals surface area (Å²) in [4.78, 5) is 22.5. The summed E-state index contributed by atoms with van der Waals surface area (Å²) in [5.41, 5.74) is 17.1. The molecule has 0 saturated heterocycles. The number of aliphatic hydroxyl groups is 1. The van der Waals surface area contributed by atoms with Crippen molar-refractivity contribution in [3.05, 3.63) is 112 Å². The lowest BCUT2D eigenvalue weighted by atomic mass is 9.81. The van der Waals surface area contributed by atoms with Gasteiger partial charge in [-0.05, 0) is 65.2 Å². The van der Waals surface area contributed by atoms with E-state index in [1.807, 2.05) is 78.9 Å². The molecule has 0 spiro atoms. The first kappa shape index (κ1) is 31.1. The number of aliphatic hydroxyl groups excluding tert-OH is 1. The fourth-order valence-electron chi connectivity index (χ4n) is 5.97. The zero-order valence-corrected chi connectivity index (χ0v) is 24.9. The molecule has 10 heteroatoms. The molecule has 1 saturated carbocycles. The largest absolute Gasteiger partial charge is 0.494 e. The number of nitrogens with zero attached hydrogens (tertiary/aromatic N) is 4. The van der Waals surface area contributed by atoms with E-state index in [0.717, 1.165) is 29.5 Å². The van der Waals surface area contributed by atoms with E-state index in [2.05, 4.69) is 20.9 Å². The molecule has 0 bridgehead atoms. The van der Waals surface area contributed by atoms with Crippen molar-refractivity contribution in [3.8, 4) is 5.75 Å². The van der Waals surface area contributed by atoms with Crippen LogP contribution in [0.1, 0.15) is 66.9 Å². The van der Waals surface area contributed by atoms with Gasteiger partial charge in [-0.15, -0.1) is 0 Å². The summed E-state index contributed by atoms with van der Waals surface area (Å²) >= 11 is 0. The Bertz CT molecular complexity index is 1450. The Morgan fingerprint density at radius 3 is 2.48 bits per heavy atom. The van der Waals surface area contributed by atoms with Crippen molar-refractivity contribution in [3.63, 3.8) is 0 Å². The van der Waals surface area contributed by atoms with Gasteiger partial charge < -0.3 is 14.6 Å². The highest BCUT2D eigenvalue weighted by Gasteiger charge is 2.53. The molecule has 1 aliphatic heterocycles. The minimum Gasteiger partial charge on any atom is -0.494 e. The van der Waals surface area contributed by atoms with Crippen molar-refractivity contribution in [2.45, 2.75) is 63.1 Å². The average molecular weight is 597 g/mol. The van der Waals surface area contributed by atoms with Crippen LogP contribution in [0.3, 0.4) is 0 Å². The van der Waals surface area contributed by atoms with E-state index in [9.17, 15) is 4.79 Å². The van der Waals surface area contributed by atoms with E-state index in [-0.39, 0.29) is 25.5 Å². The Morgan fingerprint density at radius 1 is 1.02 bits per heavy atom. The Labute approximate surface area is 258 Å². The second-order valence-corrected chi connectivity index (χ2v) is 11.4. The number of nitrogens with one attached hydrogen (secondary N) is 2. The van der Waals surface area contributed by atoms with Gasteiger partial charge in [0.25, 0.3) is 5.91 Å². The van der Waals surface area contributed by atoms with Crippen LogP contribution in [0.15, 0.2) is 89.0 Å². The number of benzene rings is 3. The summed E-state index contributed by atoms with van der Waals surface area (Å²) in [5.74, 6) is 1.25. The van der Waals surface area contributed by atoms with Crippen LogP contribution in [0.5, 0.6) is 5.75 Å². The number of amides is 1. The number of carbonyl (C=O) groups is 1. The zero-order valence-electron chi connectivity index (χ0n) is 24.9. The van der Waals surface area contributed by atoms with Gasteiger partial charge in [-0.2, -0.15) is 0 Å². The van der Waals surface area contributed by atoms with Crippen LogP contribution in [0.25, 0.3) is 10.4 Å². The number of hydrazine groups is 1. The van der Waals surface area contributed by atoms with E-state index in [1.54, 1.807) is 0 Å². The van der Waals surface area contributed by atoms with Gasteiger partial charge in [-0.3, -0.25) is 10.2 Å². The molecule has 3 N–H and O–H groups in total. The fraction of sp³-hybridized carbons (Fsp3) is 0.412. The van der Waals surface area contributed by atoms with Crippen molar-refractivity contribution in [2.24, 2.45) is 16.0 Å². The maximum Gasteiger partial charge on any atom is 0.266 e. The lowest BCUT2D eigenvalue weighted by Crippen LogP contribution is -2.54. The number of hydrogen-bond acceptors (Lipinski definition) is 7. The molecule has 5 rings (SSSR count). The van der Waals surface area contributed by atoms with E-state index < -0.39 is 11.6 Å². The summed E-state index contributed by atoms with van der Waals surface area (Å²) in [6.07, 6.45) is 6.06. The second-order valence-electron chi connectivity index (χ2n) is 11.4. The highest BCUT2D eigenvalue weighted by molar-refractivity contribution is 6.01. The van der Waals surface area contributed by atoms with Crippen molar-refractivity contribution >= 4 is 11.8 Å². The molecule has 3 aromatic rings. The second kappa shape index (κ2) is 15.4. The van der Waals surface area contributed by atoms with Gasteiger partial charge in [0, 0.05) is 36.5 Å². The van der Waals surface area contributed by atoms with E-state index >= 15 is 0 Å². The molecule has 1 amide bonds. The van der Waals surface area contributed by atoms with Crippen LogP contribution in [0.4, 0.5) is 0 Å². The van der Waals surface area contributed by atoms with Gasteiger partial charge in [-0.25, -0.2) is 10.4 Å². The molecule has 0 radical (unpaired) electrons. The molecule has 2 atom stereocenters. The highest BCUT2D eigenvalue weighted by atomic mass is 16.5. The Balaban J connectivity index is 1.51. The maximum absolute atomic E-state index is 14.4. The van der Waals surface area contributed by atoms with Gasteiger partial charge >= 0.3 is 0 Å². The molecule has 1 aliphatic carbocycles. The van der Waals surface area contributed by atoms with Crippen LogP contribution >= 0.6 is 0 Å². The summed E-state index contributed by atoms with van der Waals surface area (Å²) in [6.45, 7) is 1.33. The molecular weight excluding hydrogens is 556 g/mol. The van der Waals surface area contributed by atoms with E-state index in [4.69, 9.17) is 25.1 Å². The third kappa shape index (κ3) is 7.58. The Morgan fingerprint density at radius 2 is 1.75 bits per heavy atom. The first-order chi connectivity index (χ1) is 21.6. The molecule has 44 heavy (non-hydrogen) atoms. The predicted octanol–water partition coefficient (Wildman–Crippen LogP) is 5.96. The summed E-state index contributed by atoms with van der Waals surface area (Å²) in [6, 6.07) is 24.7. The maximum atomic E-state index is 14.4. The van der Waals surface area contributed by atoms with Crippen molar-refractivity contribution < 1.29 is 19.4 Å². The monoisotopic (exact) mass is 596 g/mol. The Kier molecular flexibility index (Phi) is 10.9. The van der Waals surface area contributed by atoms with Crippen molar-refractivity contribution in [1.29, 1.82) is 0 Å². The fourth-order valence-corrected chi connectivity index (χ4v) is 5.97. The third-order valence-corrected chi connectivity index (χ3v) is 8.33. The SMILES string of the molecule is [N-]=[N+]=NCc1ccccc1C[C@]1(C(=O)NNCC2CCCCC2)N=C(c2ccc(OCCCO)cc2)O[C@H]1c1ccccc1. The average Bonchev–Trinajstić information content (AvgIpc) is 3.46. The molecule has 0 unspecified atom stereocenters. The quantitative estimate of drug-likeness (QED) is 0.0692. The van der Waals surface area contributed by atoms with Gasteiger partial charge in [0.1, 0.15) is 5.75 Å². The number of ether oxygens (including phenoxy) is 2. The van der Waals surface area contributed by atoms with Gasteiger partial charge in [0.2, 0.25) is 5.90 Å². The molecule has 3 aromatic carbocycles. The lowest BCUT2D eigenvalue weighted by Gasteiger charge is -2.32. The molecule has 0 aromatic heterocycles. The zero-order chi connectivity index (χ0) is 30.6.